The summed E-state index contributed by atoms with van der Waals surface area (Å²) in [4.78, 5) is 9.21. The van der Waals surface area contributed by atoms with Crippen LogP contribution in [0.2, 0.25) is 0 Å². The predicted molar refractivity (Wildman–Crippen MR) is 610 cm³/mol. The van der Waals surface area contributed by atoms with Crippen molar-refractivity contribution in [3.8, 4) is 56.1 Å². The molecule has 26 aromatic rings. The lowest BCUT2D eigenvalue weighted by molar-refractivity contribution is 0.660. The fraction of sp³-hybridized carbons (Fsp3) is 0.0588. The molecular weight excluding hydrogens is 1750 g/mol. The van der Waals surface area contributed by atoms with Gasteiger partial charge in [-0.25, -0.2) is 0 Å². The Labute approximate surface area is 838 Å². The van der Waals surface area contributed by atoms with Gasteiger partial charge in [0.05, 0.1) is 49.5 Å². The van der Waals surface area contributed by atoms with Crippen molar-refractivity contribution in [3.05, 3.63) is 543 Å². The minimum Gasteiger partial charge on any atom is -0.345 e. The van der Waals surface area contributed by atoms with Crippen LogP contribution in [0.15, 0.2) is 510 Å². The molecule has 0 fully saturated rings. The van der Waals surface area contributed by atoms with Gasteiger partial charge in [0.1, 0.15) is 0 Å². The predicted octanol–water partition coefficient (Wildman–Crippen LogP) is 35.2. The van der Waals surface area contributed by atoms with E-state index >= 15 is 0 Å². The van der Waals surface area contributed by atoms with Gasteiger partial charge in [0.25, 0.3) is 0 Å². The lowest BCUT2D eigenvalue weighted by Gasteiger charge is -2.31. The van der Waals surface area contributed by atoms with E-state index in [4.69, 9.17) is 0 Å². The van der Waals surface area contributed by atoms with Crippen molar-refractivity contribution in [3.63, 3.8) is 0 Å². The molecule has 686 valence electrons. The minimum absolute atomic E-state index is 0.00413. The Hall–Kier alpha value is -18.2. The molecule has 0 radical (unpaired) electrons. The molecule has 0 aliphatic heterocycles. The topological polar surface area (TPSA) is 32.7 Å². The molecule has 0 amide bonds. The van der Waals surface area contributed by atoms with Crippen LogP contribution >= 0.6 is 0 Å². The number of fused-ring (bicyclic) bond motifs is 27. The van der Waals surface area contributed by atoms with Crippen LogP contribution in [0.4, 0.5) is 45.5 Å². The van der Waals surface area contributed by atoms with Crippen LogP contribution in [-0.2, 0) is 10.8 Å². The largest absolute Gasteiger partial charge is 0.345 e. The van der Waals surface area contributed by atoms with E-state index in [1.165, 1.54) is 244 Å². The lowest BCUT2D eigenvalue weighted by Crippen LogP contribution is -2.26. The smallest absolute Gasteiger partial charge is 0.0726 e. The third-order valence-electron chi connectivity index (χ3n) is 30.8. The van der Waals surface area contributed by atoms with Gasteiger partial charge in [0, 0.05) is 150 Å². The number of hydrogen-bond acceptors (Lipinski definition) is 4. The highest BCUT2D eigenvalue weighted by atomic mass is 15.1. The maximum atomic E-state index is 2.45. The van der Waals surface area contributed by atoms with Gasteiger partial charge in [0.15, 0.2) is 0 Å². The van der Waals surface area contributed by atoms with E-state index in [1.807, 2.05) is 0 Å². The molecule has 0 unspecified atom stereocenters. The monoisotopic (exact) mass is 1850 g/mol. The molecule has 3 aliphatic rings. The first-order valence-electron chi connectivity index (χ1n) is 49.8. The van der Waals surface area contributed by atoms with Gasteiger partial charge in [0.2, 0.25) is 0 Å². The molecule has 0 atom stereocenters. The van der Waals surface area contributed by atoms with Gasteiger partial charge in [-0.3, -0.25) is 0 Å². The van der Waals surface area contributed by atoms with Gasteiger partial charge in [-0.2, -0.15) is 0 Å². The highest BCUT2D eigenvalue weighted by Gasteiger charge is 2.52. The lowest BCUT2D eigenvalue weighted by atomic mass is 9.70. The zero-order valence-electron chi connectivity index (χ0n) is 81.1. The molecule has 8 nitrogen and oxygen atoms in total. The Kier molecular flexibility index (Phi) is 20.9. The summed E-state index contributed by atoms with van der Waals surface area (Å²) in [6, 6.07) is 185. The molecule has 144 heavy (non-hydrogen) atoms. The molecule has 4 aromatic heterocycles. The molecule has 1 spiro atoms. The highest BCUT2D eigenvalue weighted by molar-refractivity contribution is 6.15. The summed E-state index contributed by atoms with van der Waals surface area (Å²) < 4.78 is 9.44. The van der Waals surface area contributed by atoms with E-state index in [0.29, 0.717) is 0 Å². The summed E-state index contributed by atoms with van der Waals surface area (Å²) in [7, 11) is 8.67. The number of rotatable bonds is 12. The van der Waals surface area contributed by atoms with Crippen molar-refractivity contribution < 1.29 is 0 Å². The van der Waals surface area contributed by atoms with E-state index < -0.39 is 0 Å². The van der Waals surface area contributed by atoms with Gasteiger partial charge >= 0.3 is 0 Å². The van der Waals surface area contributed by atoms with Gasteiger partial charge in [-0.1, -0.05) is 335 Å². The minimum atomic E-state index is -0.344. The Morgan fingerprint density at radius 3 is 0.812 bits per heavy atom. The third-order valence-corrected chi connectivity index (χ3v) is 30.8. The van der Waals surface area contributed by atoms with E-state index in [1.54, 1.807) is 0 Å². The zero-order chi connectivity index (χ0) is 96.4. The number of para-hydroxylation sites is 8. The number of benzene rings is 22. The molecule has 0 saturated heterocycles. The van der Waals surface area contributed by atoms with Crippen LogP contribution in [-0.4, -0.2) is 46.5 Å². The van der Waals surface area contributed by atoms with E-state index in [0.717, 1.165) is 0 Å². The second-order valence-corrected chi connectivity index (χ2v) is 38.8. The molecule has 0 saturated carbocycles. The maximum absolute atomic E-state index is 2.45. The average molecular weight is 1850 g/mol. The second-order valence-electron chi connectivity index (χ2n) is 38.8. The first-order chi connectivity index (χ1) is 70.9. The van der Waals surface area contributed by atoms with E-state index in [9.17, 15) is 0 Å². The van der Waals surface area contributed by atoms with Crippen molar-refractivity contribution in [2.24, 2.45) is 0 Å². The molecule has 4 heterocycles. The normalized spacial score (nSPS) is 12.6. The Morgan fingerprint density at radius 1 is 0.160 bits per heavy atom. The van der Waals surface area contributed by atoms with Gasteiger partial charge in [-0.05, 0) is 271 Å². The van der Waals surface area contributed by atoms with Crippen LogP contribution in [0.5, 0.6) is 0 Å². The zero-order valence-corrected chi connectivity index (χ0v) is 81.1. The quantitative estimate of drug-likeness (QED) is 0.122. The molecule has 0 N–H and O–H groups in total. The van der Waals surface area contributed by atoms with Crippen molar-refractivity contribution in [2.75, 3.05) is 47.8 Å². The number of aromatic nitrogens is 4. The van der Waals surface area contributed by atoms with E-state index in [2.05, 4.69) is 589 Å². The maximum Gasteiger partial charge on any atom is 0.0726 e. The average Bonchev–Trinajstić information content (AvgIpc) is 1.50. The molecule has 0 bridgehead atoms. The third kappa shape index (κ3) is 14.0. The van der Waals surface area contributed by atoms with Gasteiger partial charge < -0.3 is 37.9 Å². The second kappa shape index (κ2) is 35.0. The summed E-state index contributed by atoms with van der Waals surface area (Å²) >= 11 is 0. The SMILES string of the molecule is CN(c1ccc2c(c1)C(C)(C)c1ccccc1-2)c1ccc2c(c1)c1ccccc1n2-c1ccccc1.CN(c1ccc2c(c1)C1(c3ccccc3-c3ccccc31)c1ccccc1-2)c1ccc2c(c1)c1ccccc1n2-c1ccccc1.CN(c1ccc2c(c1)c1ccccc1n2-c1ccccc1)c1cccc2ccccc12.CN(c1ccc2ccccc2c1)c1ccc2c(c1)c1ccccc1n2-c1ccccc1. The van der Waals surface area contributed by atoms with Crippen LogP contribution in [0.25, 0.3) is 165 Å². The van der Waals surface area contributed by atoms with Crippen LogP contribution in [0, 0.1) is 0 Å². The number of anilines is 8. The van der Waals surface area contributed by atoms with Crippen LogP contribution in [0.1, 0.15) is 47.2 Å². The summed E-state index contributed by atoms with van der Waals surface area (Å²) in [6.45, 7) is 4.68. The first kappa shape index (κ1) is 86.1. The van der Waals surface area contributed by atoms with E-state index in [-0.39, 0.29) is 10.8 Å². The summed E-state index contributed by atoms with van der Waals surface area (Å²) in [5.41, 5.74) is 40.0. The molecule has 22 aromatic carbocycles. The van der Waals surface area contributed by atoms with Crippen molar-refractivity contribution in [1.82, 2.24) is 18.3 Å². The summed E-state index contributed by atoms with van der Waals surface area (Å²) in [5.74, 6) is 0. The Morgan fingerprint density at radius 2 is 0.417 bits per heavy atom. The fourth-order valence-electron chi connectivity index (χ4n) is 23.8. The van der Waals surface area contributed by atoms with Gasteiger partial charge in [-0.15, -0.1) is 0 Å². The van der Waals surface area contributed by atoms with Crippen LogP contribution in [0.3, 0.4) is 0 Å². The highest BCUT2D eigenvalue weighted by Crippen LogP contribution is 2.64. The Balaban J connectivity index is 0.0000000994. The van der Waals surface area contributed by atoms with Crippen LogP contribution < -0.4 is 19.6 Å². The standard InChI is InChI=1S/C44H30N2.C34H28N2.2C29H22N2/c1-45(30-24-26-43-37(27-30)36-18-8-12-22-42(36)46(43)29-13-3-2-4-14-29)31-23-25-35-34-17-7-11-21-40(34)44(41(35)28-31)38-19-9-5-15-32(38)33-16-6-10-20-39(33)44;1-34(2)30-15-9-7-13-26(30)27-19-17-25(22-31(27)34)35(3)24-18-20-33-29(21-24)28-14-8-10-16-32(28)36(33)23-11-5-4-6-12-23;1-30(27-17-9-11-21-10-5-6-14-24(21)27)23-18-19-29-26(20-23)25-15-7-8-16-28(25)31(29)22-12-3-2-4-13-22;1-30(24-16-15-21-9-5-6-10-22(21)19-24)25-17-18-29-27(20-25)26-13-7-8-14-28(26)31(29)23-11-3-2-4-12-23/h2-28H,1H3;4-22H,1-3H3;2*2-20H,1H3. The fourth-order valence-corrected chi connectivity index (χ4v) is 23.8. The molecule has 8 heteroatoms. The number of nitrogens with zero attached hydrogens (tertiary/aromatic N) is 8. The Bertz CT molecular complexity index is 9460. The molecular formula is C136H102N8. The van der Waals surface area contributed by atoms with Crippen molar-refractivity contribution >= 4 is 154 Å². The molecule has 29 rings (SSSR count). The first-order valence-corrected chi connectivity index (χ1v) is 49.8. The molecule has 3 aliphatic carbocycles. The summed E-state index contributed by atoms with van der Waals surface area (Å²) in [5, 5.41) is 15.2. The van der Waals surface area contributed by atoms with Crippen molar-refractivity contribution in [2.45, 2.75) is 24.7 Å². The number of hydrogen-bond donors (Lipinski definition) is 0. The summed E-state index contributed by atoms with van der Waals surface area (Å²) in [6.07, 6.45) is 0. The van der Waals surface area contributed by atoms with Crippen molar-refractivity contribution in [1.29, 1.82) is 0 Å².